The molecule has 3 aromatic rings. The Morgan fingerprint density at radius 1 is 1.22 bits per heavy atom. The van der Waals surface area contributed by atoms with E-state index >= 15 is 0 Å². The average Bonchev–Trinajstić information content (AvgIpc) is 2.95. The Morgan fingerprint density at radius 2 is 1.93 bits per heavy atom. The minimum atomic E-state index is -0.359. The van der Waals surface area contributed by atoms with Gasteiger partial charge in [0.25, 0.3) is 5.69 Å². The van der Waals surface area contributed by atoms with Crippen molar-refractivity contribution in [3.8, 4) is 0 Å². The second kappa shape index (κ2) is 6.46. The summed E-state index contributed by atoms with van der Waals surface area (Å²) in [5.74, 6) is 0. The number of non-ortho nitro benzene ring substituents is 1. The van der Waals surface area contributed by atoms with E-state index in [0.717, 1.165) is 29.3 Å². The van der Waals surface area contributed by atoms with Crippen LogP contribution in [0.4, 0.5) is 5.69 Å². The van der Waals surface area contributed by atoms with E-state index in [9.17, 15) is 10.1 Å². The lowest BCUT2D eigenvalue weighted by molar-refractivity contribution is -0.384. The van der Waals surface area contributed by atoms with Crippen molar-refractivity contribution in [1.29, 1.82) is 0 Å². The Morgan fingerprint density at radius 3 is 2.59 bits per heavy atom. The Labute approximate surface area is 166 Å². The highest BCUT2D eigenvalue weighted by Gasteiger charge is 2.32. The third kappa shape index (κ3) is 2.97. The third-order valence-electron chi connectivity index (χ3n) is 5.70. The molecule has 0 radical (unpaired) electrons. The van der Waals surface area contributed by atoms with Gasteiger partial charge < -0.3 is 10.3 Å². The summed E-state index contributed by atoms with van der Waals surface area (Å²) in [7, 11) is 0. The number of nitro groups is 1. The summed E-state index contributed by atoms with van der Waals surface area (Å²) < 4.78 is 3.46. The van der Waals surface area contributed by atoms with Crippen molar-refractivity contribution >= 4 is 32.5 Å². The first-order chi connectivity index (χ1) is 12.8. The fraction of sp³-hybridized carbons (Fsp3) is 0.333. The Bertz CT molecular complexity index is 1040. The van der Waals surface area contributed by atoms with Gasteiger partial charge in [0.15, 0.2) is 0 Å². The SMILES string of the molecule is CC(C)(c1ccc([N+](=O)[O-])cc1)n1c2c(c3cc(Br)ccc31)C[C@H](N)CC2. The summed E-state index contributed by atoms with van der Waals surface area (Å²) in [5, 5.41) is 12.2. The van der Waals surface area contributed by atoms with E-state index < -0.39 is 0 Å². The van der Waals surface area contributed by atoms with Gasteiger partial charge in [-0.2, -0.15) is 0 Å². The second-order valence-electron chi connectivity index (χ2n) is 7.79. The van der Waals surface area contributed by atoms with Gasteiger partial charge in [0.05, 0.1) is 10.5 Å². The third-order valence-corrected chi connectivity index (χ3v) is 6.20. The molecule has 1 heterocycles. The van der Waals surface area contributed by atoms with E-state index in [1.54, 1.807) is 12.1 Å². The fourth-order valence-electron chi connectivity index (χ4n) is 4.32. The van der Waals surface area contributed by atoms with E-state index in [0.29, 0.717) is 0 Å². The number of halogens is 1. The highest BCUT2D eigenvalue weighted by molar-refractivity contribution is 9.10. The van der Waals surface area contributed by atoms with E-state index in [1.807, 2.05) is 12.1 Å². The smallest absolute Gasteiger partial charge is 0.269 e. The zero-order valence-corrected chi connectivity index (χ0v) is 17.0. The number of nitro benzene ring substituents is 1. The molecule has 27 heavy (non-hydrogen) atoms. The summed E-state index contributed by atoms with van der Waals surface area (Å²) in [5.41, 5.74) is 10.9. The molecule has 0 bridgehead atoms. The van der Waals surface area contributed by atoms with Gasteiger partial charge in [-0.3, -0.25) is 10.1 Å². The number of hydrogen-bond acceptors (Lipinski definition) is 3. The largest absolute Gasteiger partial charge is 0.335 e. The summed E-state index contributed by atoms with van der Waals surface area (Å²) in [6, 6.07) is 13.5. The lowest BCUT2D eigenvalue weighted by Gasteiger charge is -2.33. The normalized spacial score (nSPS) is 17.1. The summed E-state index contributed by atoms with van der Waals surface area (Å²) in [4.78, 5) is 10.6. The number of hydrogen-bond donors (Lipinski definition) is 1. The molecular formula is C21H22BrN3O2. The zero-order valence-electron chi connectivity index (χ0n) is 15.4. The van der Waals surface area contributed by atoms with E-state index in [2.05, 4.69) is 52.5 Å². The highest BCUT2D eigenvalue weighted by Crippen LogP contribution is 2.40. The molecule has 1 aliphatic rings. The van der Waals surface area contributed by atoms with Crippen LogP contribution < -0.4 is 5.73 Å². The highest BCUT2D eigenvalue weighted by atomic mass is 79.9. The molecule has 0 saturated heterocycles. The van der Waals surface area contributed by atoms with Gasteiger partial charge in [-0.15, -0.1) is 0 Å². The molecule has 2 aromatic carbocycles. The molecule has 4 rings (SSSR count). The zero-order chi connectivity index (χ0) is 19.3. The molecular weight excluding hydrogens is 406 g/mol. The van der Waals surface area contributed by atoms with Gasteiger partial charge >= 0.3 is 0 Å². The van der Waals surface area contributed by atoms with Gasteiger partial charge in [0, 0.05) is 39.2 Å². The van der Waals surface area contributed by atoms with Gasteiger partial charge in [-0.25, -0.2) is 0 Å². The van der Waals surface area contributed by atoms with Crippen molar-refractivity contribution in [2.45, 2.75) is 44.7 Å². The lowest BCUT2D eigenvalue weighted by Crippen LogP contribution is -2.33. The number of benzene rings is 2. The van der Waals surface area contributed by atoms with Gasteiger partial charge in [0.1, 0.15) is 0 Å². The Balaban J connectivity index is 1.93. The maximum Gasteiger partial charge on any atom is 0.269 e. The molecule has 1 atom stereocenters. The second-order valence-corrected chi connectivity index (χ2v) is 8.70. The maximum absolute atomic E-state index is 11.0. The molecule has 6 heteroatoms. The van der Waals surface area contributed by atoms with Crippen LogP contribution in [0.3, 0.4) is 0 Å². The molecule has 140 valence electrons. The minimum Gasteiger partial charge on any atom is -0.335 e. The molecule has 0 spiro atoms. The van der Waals surface area contributed by atoms with Gasteiger partial charge in [-0.1, -0.05) is 15.9 Å². The lowest BCUT2D eigenvalue weighted by atomic mass is 9.90. The van der Waals surface area contributed by atoms with Crippen molar-refractivity contribution < 1.29 is 4.92 Å². The van der Waals surface area contributed by atoms with Crippen LogP contribution >= 0.6 is 15.9 Å². The predicted octanol–water partition coefficient (Wildman–Crippen LogP) is 4.91. The summed E-state index contributed by atoms with van der Waals surface area (Å²) >= 11 is 3.60. The predicted molar refractivity (Wildman–Crippen MR) is 111 cm³/mol. The van der Waals surface area contributed by atoms with Crippen molar-refractivity contribution in [2.75, 3.05) is 0 Å². The van der Waals surface area contributed by atoms with Gasteiger partial charge in [-0.05, 0) is 74.6 Å². The van der Waals surface area contributed by atoms with Crippen molar-refractivity contribution in [1.82, 2.24) is 4.57 Å². The Hall–Kier alpha value is -2.18. The quantitative estimate of drug-likeness (QED) is 0.476. The number of fused-ring (bicyclic) bond motifs is 3. The molecule has 0 amide bonds. The molecule has 0 fully saturated rings. The monoisotopic (exact) mass is 427 g/mol. The first-order valence-electron chi connectivity index (χ1n) is 9.11. The van der Waals surface area contributed by atoms with Crippen LogP contribution in [0.1, 0.15) is 37.1 Å². The molecule has 0 aliphatic heterocycles. The summed E-state index contributed by atoms with van der Waals surface area (Å²) in [6.07, 6.45) is 2.80. The van der Waals surface area contributed by atoms with Crippen molar-refractivity contribution in [2.24, 2.45) is 5.73 Å². The molecule has 0 unspecified atom stereocenters. The molecule has 0 saturated carbocycles. The topological polar surface area (TPSA) is 74.1 Å². The van der Waals surface area contributed by atoms with Crippen LogP contribution in [-0.4, -0.2) is 15.5 Å². The molecule has 5 nitrogen and oxygen atoms in total. The van der Waals surface area contributed by atoms with Gasteiger partial charge in [0.2, 0.25) is 0 Å². The van der Waals surface area contributed by atoms with Crippen LogP contribution in [-0.2, 0) is 18.4 Å². The summed E-state index contributed by atoms with van der Waals surface area (Å²) in [6.45, 7) is 4.34. The molecule has 1 aliphatic carbocycles. The van der Waals surface area contributed by atoms with Crippen molar-refractivity contribution in [3.63, 3.8) is 0 Å². The number of nitrogens with two attached hydrogens (primary N) is 1. The molecule has 1 aromatic heterocycles. The average molecular weight is 428 g/mol. The van der Waals surface area contributed by atoms with Crippen LogP contribution in [0, 0.1) is 10.1 Å². The van der Waals surface area contributed by atoms with Crippen LogP contribution in [0.25, 0.3) is 10.9 Å². The number of rotatable bonds is 3. The molecule has 2 N–H and O–H groups in total. The first-order valence-corrected chi connectivity index (χ1v) is 9.91. The fourth-order valence-corrected chi connectivity index (χ4v) is 4.68. The standard InChI is InChI=1S/C21H22BrN3O2/c1-21(2,13-3-7-16(8-4-13)25(26)27)24-19-9-5-14(22)11-17(19)18-12-15(23)6-10-20(18)24/h3-5,7-9,11,15H,6,10,12,23H2,1-2H3/t15-/m1/s1. The van der Waals surface area contributed by atoms with Crippen molar-refractivity contribution in [3.05, 3.63) is 73.9 Å². The van der Waals surface area contributed by atoms with E-state index in [4.69, 9.17) is 5.73 Å². The first kappa shape index (κ1) is 18.2. The van der Waals surface area contributed by atoms with E-state index in [1.165, 1.54) is 22.2 Å². The van der Waals surface area contributed by atoms with Crippen LogP contribution in [0.2, 0.25) is 0 Å². The minimum absolute atomic E-state index is 0.115. The maximum atomic E-state index is 11.0. The van der Waals surface area contributed by atoms with Crippen LogP contribution in [0.5, 0.6) is 0 Å². The van der Waals surface area contributed by atoms with E-state index in [-0.39, 0.29) is 22.2 Å². The number of aromatic nitrogens is 1. The number of nitrogens with zero attached hydrogens (tertiary/aromatic N) is 2. The van der Waals surface area contributed by atoms with Crippen LogP contribution in [0.15, 0.2) is 46.9 Å². The Kier molecular flexibility index (Phi) is 4.35.